The van der Waals surface area contributed by atoms with Crippen LogP contribution in [0.5, 0.6) is 5.75 Å². The number of anilines is 1. The summed E-state index contributed by atoms with van der Waals surface area (Å²) >= 11 is 1.65. The van der Waals surface area contributed by atoms with Crippen molar-refractivity contribution in [3.05, 3.63) is 46.2 Å². The van der Waals surface area contributed by atoms with Gasteiger partial charge < -0.3 is 4.74 Å². The van der Waals surface area contributed by atoms with Gasteiger partial charge >= 0.3 is 6.03 Å². The van der Waals surface area contributed by atoms with E-state index in [1.54, 1.807) is 11.3 Å². The van der Waals surface area contributed by atoms with E-state index in [1.165, 1.54) is 5.01 Å². The van der Waals surface area contributed by atoms with Crippen molar-refractivity contribution in [2.24, 2.45) is 0 Å². The smallest absolute Gasteiger partial charge is 0.353 e. The van der Waals surface area contributed by atoms with Gasteiger partial charge in [0.25, 0.3) is 0 Å². The fourth-order valence-electron chi connectivity index (χ4n) is 2.28. The molecule has 3 N–H and O–H groups in total. The standard InChI is InChI=1S/C15H18N4O2S/c1-10(2)12-6-3-7-13(19-15(20)16-17-18-19)14(12)21-9-11-5-4-8-22-11/h3-8,10,17-18H,9H2,1-2H3,(H,16,20). The maximum Gasteiger partial charge on any atom is 0.353 e. The summed E-state index contributed by atoms with van der Waals surface area (Å²) in [7, 11) is 0. The van der Waals surface area contributed by atoms with Crippen molar-refractivity contribution in [1.82, 2.24) is 16.5 Å². The summed E-state index contributed by atoms with van der Waals surface area (Å²) < 4.78 is 6.06. The molecule has 7 heteroatoms. The lowest BCUT2D eigenvalue weighted by atomic mass is 10.0. The highest BCUT2D eigenvalue weighted by Gasteiger charge is 2.26. The second-order valence-corrected chi connectivity index (χ2v) is 6.25. The summed E-state index contributed by atoms with van der Waals surface area (Å²) in [6.07, 6.45) is 0. The molecule has 1 aromatic carbocycles. The predicted octanol–water partition coefficient (Wildman–Crippen LogP) is 2.90. The molecule has 0 atom stereocenters. The number of rotatable bonds is 5. The van der Waals surface area contributed by atoms with Crippen molar-refractivity contribution >= 4 is 23.1 Å². The summed E-state index contributed by atoms with van der Waals surface area (Å²) in [5, 5.41) is 3.42. The number of hydrogen-bond donors (Lipinski definition) is 3. The quantitative estimate of drug-likeness (QED) is 0.793. The van der Waals surface area contributed by atoms with Crippen LogP contribution in [0.15, 0.2) is 35.7 Å². The van der Waals surface area contributed by atoms with Gasteiger partial charge in [0.2, 0.25) is 0 Å². The van der Waals surface area contributed by atoms with Crippen molar-refractivity contribution in [1.29, 1.82) is 0 Å². The van der Waals surface area contributed by atoms with Crippen molar-refractivity contribution < 1.29 is 9.53 Å². The lowest BCUT2D eigenvalue weighted by Gasteiger charge is -2.21. The molecule has 1 saturated heterocycles. The number of urea groups is 1. The van der Waals surface area contributed by atoms with E-state index in [9.17, 15) is 4.79 Å². The number of ether oxygens (including phenoxy) is 1. The van der Waals surface area contributed by atoms with Crippen LogP contribution in [0.3, 0.4) is 0 Å². The van der Waals surface area contributed by atoms with Gasteiger partial charge in [0, 0.05) is 4.88 Å². The molecule has 0 radical (unpaired) electrons. The molecule has 116 valence electrons. The van der Waals surface area contributed by atoms with Gasteiger partial charge in [-0.25, -0.2) is 9.80 Å². The second-order valence-electron chi connectivity index (χ2n) is 5.22. The van der Waals surface area contributed by atoms with E-state index in [2.05, 4.69) is 30.3 Å². The van der Waals surface area contributed by atoms with Gasteiger partial charge in [0.15, 0.2) is 0 Å². The zero-order chi connectivity index (χ0) is 15.5. The molecule has 3 rings (SSSR count). The molecule has 1 fully saturated rings. The van der Waals surface area contributed by atoms with Crippen LogP contribution in [-0.4, -0.2) is 6.03 Å². The van der Waals surface area contributed by atoms with Gasteiger partial charge in [-0.05, 0) is 29.0 Å². The topological polar surface area (TPSA) is 65.6 Å². The normalized spacial score (nSPS) is 14.5. The molecule has 2 aromatic rings. The molecule has 6 nitrogen and oxygen atoms in total. The Morgan fingerprint density at radius 1 is 1.27 bits per heavy atom. The number of benzene rings is 1. The van der Waals surface area contributed by atoms with E-state index in [0.717, 1.165) is 16.2 Å². The van der Waals surface area contributed by atoms with Gasteiger partial charge in [0.1, 0.15) is 18.0 Å². The molecule has 22 heavy (non-hydrogen) atoms. The van der Waals surface area contributed by atoms with Crippen LogP contribution in [0.1, 0.15) is 30.2 Å². The van der Waals surface area contributed by atoms with Crippen LogP contribution >= 0.6 is 11.3 Å². The van der Waals surface area contributed by atoms with Crippen molar-refractivity contribution in [3.63, 3.8) is 0 Å². The zero-order valence-electron chi connectivity index (χ0n) is 12.4. The van der Waals surface area contributed by atoms with Gasteiger partial charge in [-0.2, -0.15) is 0 Å². The molecular weight excluding hydrogens is 300 g/mol. The van der Waals surface area contributed by atoms with Gasteiger partial charge in [-0.3, -0.25) is 5.43 Å². The minimum Gasteiger partial charge on any atom is -0.486 e. The Labute approximate surface area is 133 Å². The number of nitrogens with one attached hydrogen (secondary N) is 3. The number of hydrogen-bond acceptors (Lipinski definition) is 5. The lowest BCUT2D eigenvalue weighted by Crippen LogP contribution is -2.38. The van der Waals surface area contributed by atoms with E-state index in [-0.39, 0.29) is 11.9 Å². The number of hydrazine groups is 3. The molecule has 1 aliphatic rings. The first-order valence-electron chi connectivity index (χ1n) is 7.05. The molecule has 0 bridgehead atoms. The highest BCUT2D eigenvalue weighted by atomic mass is 32.1. The van der Waals surface area contributed by atoms with Crippen molar-refractivity contribution in [2.75, 3.05) is 5.01 Å². The lowest BCUT2D eigenvalue weighted by molar-refractivity contribution is 0.250. The Morgan fingerprint density at radius 2 is 2.14 bits per heavy atom. The minimum atomic E-state index is -0.276. The van der Waals surface area contributed by atoms with Crippen LogP contribution in [0.4, 0.5) is 10.5 Å². The zero-order valence-corrected chi connectivity index (χ0v) is 13.2. The summed E-state index contributed by atoms with van der Waals surface area (Å²) in [5.74, 6) is 1.01. The number of carbonyl (C=O) groups is 1. The molecule has 1 aliphatic heterocycles. The van der Waals surface area contributed by atoms with E-state index in [1.807, 2.05) is 35.7 Å². The second kappa shape index (κ2) is 6.35. The van der Waals surface area contributed by atoms with E-state index < -0.39 is 0 Å². The third-order valence-corrected chi connectivity index (χ3v) is 4.22. The Hall–Kier alpha value is -2.09. The molecule has 2 amide bonds. The summed E-state index contributed by atoms with van der Waals surface area (Å²) in [6.45, 7) is 4.69. The number of carbonyl (C=O) groups excluding carboxylic acids is 1. The van der Waals surface area contributed by atoms with Crippen molar-refractivity contribution in [2.45, 2.75) is 26.4 Å². The first kappa shape index (κ1) is 14.8. The minimum absolute atomic E-state index is 0.276. The van der Waals surface area contributed by atoms with Gasteiger partial charge in [-0.1, -0.05) is 32.0 Å². The van der Waals surface area contributed by atoms with Crippen LogP contribution in [-0.2, 0) is 6.61 Å². The number of amides is 2. The van der Waals surface area contributed by atoms with Crippen LogP contribution < -0.4 is 26.2 Å². The average molecular weight is 318 g/mol. The third-order valence-electron chi connectivity index (χ3n) is 3.37. The Kier molecular flexibility index (Phi) is 4.28. The first-order chi connectivity index (χ1) is 10.7. The first-order valence-corrected chi connectivity index (χ1v) is 7.93. The Morgan fingerprint density at radius 3 is 2.77 bits per heavy atom. The highest BCUT2D eigenvalue weighted by molar-refractivity contribution is 7.09. The van der Waals surface area contributed by atoms with E-state index >= 15 is 0 Å². The molecule has 1 aromatic heterocycles. The van der Waals surface area contributed by atoms with Crippen LogP contribution in [0.2, 0.25) is 0 Å². The molecule has 0 spiro atoms. The maximum absolute atomic E-state index is 11.9. The van der Waals surface area contributed by atoms with Crippen molar-refractivity contribution in [3.8, 4) is 5.75 Å². The molecule has 0 aliphatic carbocycles. The molecule has 0 saturated carbocycles. The average Bonchev–Trinajstić information content (AvgIpc) is 3.16. The Bertz CT molecular complexity index is 658. The van der Waals surface area contributed by atoms with Crippen LogP contribution in [0.25, 0.3) is 0 Å². The fourth-order valence-corrected chi connectivity index (χ4v) is 2.90. The van der Waals surface area contributed by atoms with E-state index in [0.29, 0.717) is 12.3 Å². The summed E-state index contributed by atoms with van der Waals surface area (Å²) in [4.78, 5) is 13.0. The van der Waals surface area contributed by atoms with Gasteiger partial charge in [-0.15, -0.1) is 22.4 Å². The fraction of sp³-hybridized carbons (Fsp3) is 0.267. The monoisotopic (exact) mass is 318 g/mol. The number of nitrogens with zero attached hydrogens (tertiary/aromatic N) is 1. The summed E-state index contributed by atoms with van der Waals surface area (Å²) in [6, 6.07) is 9.56. The largest absolute Gasteiger partial charge is 0.486 e. The number of para-hydroxylation sites is 1. The summed E-state index contributed by atoms with van der Waals surface area (Å²) in [5.41, 5.74) is 9.59. The third kappa shape index (κ3) is 2.92. The molecule has 0 unspecified atom stereocenters. The van der Waals surface area contributed by atoms with E-state index in [4.69, 9.17) is 4.74 Å². The maximum atomic E-state index is 11.9. The van der Waals surface area contributed by atoms with Crippen LogP contribution in [0, 0.1) is 0 Å². The SMILES string of the molecule is CC(C)c1cccc(N2NNNC2=O)c1OCc1cccs1. The molecular formula is C15H18N4O2S. The highest BCUT2D eigenvalue weighted by Crippen LogP contribution is 2.36. The number of thiophene rings is 1. The predicted molar refractivity (Wildman–Crippen MR) is 86.5 cm³/mol. The molecule has 2 heterocycles. The van der Waals surface area contributed by atoms with Gasteiger partial charge in [0.05, 0.1) is 0 Å². The Balaban J connectivity index is 1.94.